The van der Waals surface area contributed by atoms with Crippen LogP contribution in [0.5, 0.6) is 5.75 Å². The quantitative estimate of drug-likeness (QED) is 0.756. The number of benzene rings is 1. The van der Waals surface area contributed by atoms with Crippen molar-refractivity contribution in [2.75, 3.05) is 7.11 Å². The summed E-state index contributed by atoms with van der Waals surface area (Å²) >= 11 is 0. The van der Waals surface area contributed by atoms with Crippen molar-refractivity contribution in [3.63, 3.8) is 0 Å². The summed E-state index contributed by atoms with van der Waals surface area (Å²) < 4.78 is 5.07. The fraction of sp³-hybridized carbons (Fsp3) is 0.333. The second kappa shape index (κ2) is 5.34. The molecule has 5 nitrogen and oxygen atoms in total. The number of hydrogen-bond acceptors (Lipinski definition) is 3. The standard InChI is InChI=1S/C12H14O5/c1-7-5-8(3-4-10(7)17-2)6-9(11(13)14)12(15)16/h3-5,9H,6H2,1-2H3,(H,13,14)(H,15,16). The average Bonchev–Trinajstić information content (AvgIpc) is 2.25. The molecule has 92 valence electrons. The fourth-order valence-electron chi connectivity index (χ4n) is 1.58. The highest BCUT2D eigenvalue weighted by Gasteiger charge is 2.25. The van der Waals surface area contributed by atoms with E-state index in [9.17, 15) is 9.59 Å². The van der Waals surface area contributed by atoms with E-state index in [4.69, 9.17) is 14.9 Å². The molecule has 0 aliphatic carbocycles. The molecule has 1 aromatic rings. The number of ether oxygens (including phenoxy) is 1. The molecular weight excluding hydrogens is 224 g/mol. The number of carboxylic acid groups (broad SMARTS) is 2. The summed E-state index contributed by atoms with van der Waals surface area (Å²) in [6.07, 6.45) is -0.0322. The molecule has 0 aliphatic heterocycles. The molecule has 1 aromatic carbocycles. The maximum Gasteiger partial charge on any atom is 0.318 e. The molecule has 0 unspecified atom stereocenters. The van der Waals surface area contributed by atoms with E-state index in [1.807, 2.05) is 6.92 Å². The van der Waals surface area contributed by atoms with Gasteiger partial charge in [0.15, 0.2) is 5.92 Å². The predicted octanol–water partition coefficient (Wildman–Crippen LogP) is 1.33. The Bertz CT molecular complexity index is 425. The third-order valence-electron chi connectivity index (χ3n) is 2.50. The number of rotatable bonds is 5. The summed E-state index contributed by atoms with van der Waals surface area (Å²) in [5, 5.41) is 17.5. The van der Waals surface area contributed by atoms with E-state index < -0.39 is 17.9 Å². The predicted molar refractivity (Wildman–Crippen MR) is 60.2 cm³/mol. The van der Waals surface area contributed by atoms with Gasteiger partial charge in [0.1, 0.15) is 5.75 Å². The van der Waals surface area contributed by atoms with Crippen LogP contribution in [-0.4, -0.2) is 29.3 Å². The zero-order chi connectivity index (χ0) is 13.0. The average molecular weight is 238 g/mol. The Kier molecular flexibility index (Phi) is 4.09. The molecular formula is C12H14O5. The van der Waals surface area contributed by atoms with Crippen LogP contribution in [0.4, 0.5) is 0 Å². The Morgan fingerprint density at radius 3 is 2.29 bits per heavy atom. The lowest BCUT2D eigenvalue weighted by molar-refractivity contribution is -0.154. The van der Waals surface area contributed by atoms with E-state index in [0.29, 0.717) is 11.3 Å². The monoisotopic (exact) mass is 238 g/mol. The Morgan fingerprint density at radius 1 is 1.29 bits per heavy atom. The Balaban J connectivity index is 2.91. The molecule has 5 heteroatoms. The molecule has 0 bridgehead atoms. The van der Waals surface area contributed by atoms with E-state index in [2.05, 4.69) is 0 Å². The lowest BCUT2D eigenvalue weighted by Crippen LogP contribution is -2.25. The molecule has 0 fully saturated rings. The molecule has 0 amide bonds. The first-order chi connectivity index (χ1) is 7.95. The molecule has 0 saturated heterocycles. The maximum atomic E-state index is 10.7. The van der Waals surface area contributed by atoms with Crippen LogP contribution in [-0.2, 0) is 16.0 Å². The van der Waals surface area contributed by atoms with Gasteiger partial charge in [-0.3, -0.25) is 9.59 Å². The van der Waals surface area contributed by atoms with Gasteiger partial charge in [0, 0.05) is 0 Å². The van der Waals surface area contributed by atoms with Crippen molar-refractivity contribution in [1.82, 2.24) is 0 Å². The number of aryl methyl sites for hydroxylation is 1. The minimum Gasteiger partial charge on any atom is -0.496 e. The van der Waals surface area contributed by atoms with E-state index >= 15 is 0 Å². The van der Waals surface area contributed by atoms with E-state index in [1.165, 1.54) is 0 Å². The molecule has 0 atom stereocenters. The summed E-state index contributed by atoms with van der Waals surface area (Å²) in [4.78, 5) is 21.5. The van der Waals surface area contributed by atoms with Crippen LogP contribution in [0.1, 0.15) is 11.1 Å². The van der Waals surface area contributed by atoms with Gasteiger partial charge >= 0.3 is 11.9 Å². The van der Waals surface area contributed by atoms with E-state index in [0.717, 1.165) is 5.56 Å². The van der Waals surface area contributed by atoms with Gasteiger partial charge in [-0.25, -0.2) is 0 Å². The normalized spacial score (nSPS) is 10.3. The SMILES string of the molecule is COc1ccc(CC(C(=O)O)C(=O)O)cc1C. The van der Waals surface area contributed by atoms with Crippen LogP contribution in [0, 0.1) is 12.8 Å². The third kappa shape index (κ3) is 3.21. The highest BCUT2D eigenvalue weighted by Crippen LogP contribution is 2.20. The smallest absolute Gasteiger partial charge is 0.318 e. The Morgan fingerprint density at radius 2 is 1.88 bits per heavy atom. The van der Waals surface area contributed by atoms with Gasteiger partial charge in [0.25, 0.3) is 0 Å². The summed E-state index contributed by atoms with van der Waals surface area (Å²) in [5.74, 6) is -3.38. The molecule has 0 saturated carbocycles. The summed E-state index contributed by atoms with van der Waals surface area (Å²) in [7, 11) is 1.54. The zero-order valence-electron chi connectivity index (χ0n) is 9.64. The summed E-state index contributed by atoms with van der Waals surface area (Å²) in [6.45, 7) is 1.82. The van der Waals surface area contributed by atoms with Crippen molar-refractivity contribution in [2.24, 2.45) is 5.92 Å². The van der Waals surface area contributed by atoms with Crippen LogP contribution in [0.3, 0.4) is 0 Å². The minimum absolute atomic E-state index is 0.0322. The molecule has 1 rings (SSSR count). The van der Waals surface area contributed by atoms with Crippen molar-refractivity contribution in [3.8, 4) is 5.75 Å². The zero-order valence-corrected chi connectivity index (χ0v) is 9.64. The van der Waals surface area contributed by atoms with Gasteiger partial charge < -0.3 is 14.9 Å². The number of methoxy groups -OCH3 is 1. The second-order valence-corrected chi connectivity index (χ2v) is 3.74. The topological polar surface area (TPSA) is 83.8 Å². The molecule has 0 spiro atoms. The molecule has 0 radical (unpaired) electrons. The highest BCUT2D eigenvalue weighted by atomic mass is 16.5. The van der Waals surface area contributed by atoms with Crippen LogP contribution in [0.25, 0.3) is 0 Å². The minimum atomic E-state index is -1.41. The van der Waals surface area contributed by atoms with Gasteiger partial charge in [-0.1, -0.05) is 12.1 Å². The first-order valence-corrected chi connectivity index (χ1v) is 5.05. The first kappa shape index (κ1) is 13.0. The van der Waals surface area contributed by atoms with Gasteiger partial charge in [-0.15, -0.1) is 0 Å². The second-order valence-electron chi connectivity index (χ2n) is 3.74. The van der Waals surface area contributed by atoms with Crippen molar-refractivity contribution in [2.45, 2.75) is 13.3 Å². The first-order valence-electron chi connectivity index (χ1n) is 5.05. The summed E-state index contributed by atoms with van der Waals surface area (Å²) in [5.41, 5.74) is 1.51. The lowest BCUT2D eigenvalue weighted by atomic mass is 9.98. The summed E-state index contributed by atoms with van der Waals surface area (Å²) in [6, 6.07) is 5.11. The van der Waals surface area contributed by atoms with Crippen LogP contribution >= 0.6 is 0 Å². The van der Waals surface area contributed by atoms with Crippen molar-refractivity contribution < 1.29 is 24.5 Å². The molecule has 0 aromatic heterocycles. The number of carboxylic acids is 2. The highest BCUT2D eigenvalue weighted by molar-refractivity contribution is 5.93. The van der Waals surface area contributed by atoms with Crippen molar-refractivity contribution in [1.29, 1.82) is 0 Å². The van der Waals surface area contributed by atoms with Crippen LogP contribution in [0.2, 0.25) is 0 Å². The lowest BCUT2D eigenvalue weighted by Gasteiger charge is -2.10. The van der Waals surface area contributed by atoms with Crippen LogP contribution < -0.4 is 4.74 Å². The number of aliphatic carboxylic acids is 2. The van der Waals surface area contributed by atoms with Crippen molar-refractivity contribution in [3.05, 3.63) is 29.3 Å². The van der Waals surface area contributed by atoms with Gasteiger partial charge in [-0.05, 0) is 30.5 Å². The van der Waals surface area contributed by atoms with E-state index in [-0.39, 0.29) is 6.42 Å². The largest absolute Gasteiger partial charge is 0.496 e. The van der Waals surface area contributed by atoms with Crippen molar-refractivity contribution >= 4 is 11.9 Å². The molecule has 0 aliphatic rings. The molecule has 17 heavy (non-hydrogen) atoms. The third-order valence-corrected chi connectivity index (χ3v) is 2.50. The van der Waals surface area contributed by atoms with Gasteiger partial charge in [-0.2, -0.15) is 0 Å². The molecule has 2 N–H and O–H groups in total. The number of hydrogen-bond donors (Lipinski definition) is 2. The Labute approximate surface area is 98.6 Å². The van der Waals surface area contributed by atoms with Gasteiger partial charge in [0.05, 0.1) is 7.11 Å². The fourth-order valence-corrected chi connectivity index (χ4v) is 1.58. The molecule has 0 heterocycles. The Hall–Kier alpha value is -2.04. The van der Waals surface area contributed by atoms with Crippen LogP contribution in [0.15, 0.2) is 18.2 Å². The number of carbonyl (C=O) groups is 2. The van der Waals surface area contributed by atoms with E-state index in [1.54, 1.807) is 25.3 Å². The van der Waals surface area contributed by atoms with Gasteiger partial charge in [0.2, 0.25) is 0 Å². The maximum absolute atomic E-state index is 10.7.